The van der Waals surface area contributed by atoms with E-state index >= 15 is 0 Å². The molecule has 1 atom stereocenters. The predicted octanol–water partition coefficient (Wildman–Crippen LogP) is 2.32. The van der Waals surface area contributed by atoms with E-state index < -0.39 is 0 Å². The zero-order chi connectivity index (χ0) is 16.9. The summed E-state index contributed by atoms with van der Waals surface area (Å²) < 4.78 is 5.79. The van der Waals surface area contributed by atoms with E-state index in [1.165, 1.54) is 0 Å². The monoisotopic (exact) mass is 331 g/mol. The number of hydrogen-bond acceptors (Lipinski definition) is 5. The van der Waals surface area contributed by atoms with E-state index in [-0.39, 0.29) is 17.9 Å². The molecule has 130 valence electrons. The normalized spacial score (nSPS) is 17.2. The SMILES string of the molecule is CCC(O)CCNC(=O)C1CCN(c2nc3ccccc3o2)CC1. The van der Waals surface area contributed by atoms with Crippen molar-refractivity contribution in [2.45, 2.75) is 38.7 Å². The fraction of sp³-hybridized carbons (Fsp3) is 0.556. The average molecular weight is 331 g/mol. The number of aromatic nitrogens is 1. The van der Waals surface area contributed by atoms with Gasteiger partial charge >= 0.3 is 0 Å². The van der Waals surface area contributed by atoms with Crippen molar-refractivity contribution in [1.82, 2.24) is 10.3 Å². The Balaban J connectivity index is 1.49. The Morgan fingerprint density at radius 1 is 1.42 bits per heavy atom. The van der Waals surface area contributed by atoms with Gasteiger partial charge < -0.3 is 19.7 Å². The van der Waals surface area contributed by atoms with Crippen molar-refractivity contribution in [3.8, 4) is 0 Å². The number of piperidine rings is 1. The zero-order valence-corrected chi connectivity index (χ0v) is 14.1. The predicted molar refractivity (Wildman–Crippen MR) is 92.9 cm³/mol. The number of oxazole rings is 1. The van der Waals surface area contributed by atoms with Crippen molar-refractivity contribution in [3.63, 3.8) is 0 Å². The topological polar surface area (TPSA) is 78.6 Å². The van der Waals surface area contributed by atoms with Gasteiger partial charge in [-0.3, -0.25) is 4.79 Å². The molecular formula is C18H25N3O3. The highest BCUT2D eigenvalue weighted by Gasteiger charge is 2.27. The first-order valence-electron chi connectivity index (χ1n) is 8.73. The molecule has 1 aliphatic rings. The molecule has 0 spiro atoms. The highest BCUT2D eigenvalue weighted by molar-refractivity contribution is 5.79. The molecule has 2 N–H and O–H groups in total. The van der Waals surface area contributed by atoms with Gasteiger partial charge in [-0.2, -0.15) is 4.98 Å². The van der Waals surface area contributed by atoms with Gasteiger partial charge in [0.1, 0.15) is 5.52 Å². The summed E-state index contributed by atoms with van der Waals surface area (Å²) in [6.45, 7) is 4.01. The Morgan fingerprint density at radius 2 is 2.17 bits per heavy atom. The molecule has 0 radical (unpaired) electrons. The zero-order valence-electron chi connectivity index (χ0n) is 14.1. The number of nitrogens with one attached hydrogen (secondary N) is 1. The number of carbonyl (C=O) groups is 1. The van der Waals surface area contributed by atoms with E-state index in [0.717, 1.165) is 43.5 Å². The second kappa shape index (κ2) is 7.66. The minimum atomic E-state index is -0.327. The van der Waals surface area contributed by atoms with Crippen molar-refractivity contribution in [3.05, 3.63) is 24.3 Å². The molecule has 0 bridgehead atoms. The molecule has 1 saturated heterocycles. The summed E-state index contributed by atoms with van der Waals surface area (Å²) in [5.41, 5.74) is 1.66. The highest BCUT2D eigenvalue weighted by atomic mass is 16.4. The number of rotatable bonds is 6. The van der Waals surface area contributed by atoms with Crippen LogP contribution >= 0.6 is 0 Å². The van der Waals surface area contributed by atoms with Crippen LogP contribution < -0.4 is 10.2 Å². The number of fused-ring (bicyclic) bond motifs is 1. The van der Waals surface area contributed by atoms with Gasteiger partial charge in [-0.1, -0.05) is 19.1 Å². The van der Waals surface area contributed by atoms with Crippen LogP contribution in [0.4, 0.5) is 6.01 Å². The second-order valence-corrected chi connectivity index (χ2v) is 6.37. The van der Waals surface area contributed by atoms with Crippen LogP contribution in [-0.2, 0) is 4.79 Å². The highest BCUT2D eigenvalue weighted by Crippen LogP contribution is 2.26. The van der Waals surface area contributed by atoms with Crippen LogP contribution in [0.1, 0.15) is 32.6 Å². The molecule has 0 aliphatic carbocycles. The summed E-state index contributed by atoms with van der Waals surface area (Å²) in [5.74, 6) is 0.125. The molecule has 1 fully saturated rings. The van der Waals surface area contributed by atoms with Gasteiger partial charge in [0.2, 0.25) is 5.91 Å². The van der Waals surface area contributed by atoms with Crippen LogP contribution in [0.15, 0.2) is 28.7 Å². The Kier molecular flexibility index (Phi) is 5.35. The van der Waals surface area contributed by atoms with E-state index in [1.807, 2.05) is 31.2 Å². The molecule has 3 rings (SSSR count). The van der Waals surface area contributed by atoms with Gasteiger partial charge in [0.15, 0.2) is 5.58 Å². The van der Waals surface area contributed by atoms with Crippen LogP contribution in [0.2, 0.25) is 0 Å². The molecule has 2 heterocycles. The van der Waals surface area contributed by atoms with Crippen molar-refractivity contribution in [1.29, 1.82) is 0 Å². The van der Waals surface area contributed by atoms with Crippen molar-refractivity contribution in [2.24, 2.45) is 5.92 Å². The molecule has 1 aromatic carbocycles. The summed E-state index contributed by atoms with van der Waals surface area (Å²) in [6, 6.07) is 8.37. The van der Waals surface area contributed by atoms with Crippen LogP contribution in [0, 0.1) is 5.92 Å². The first kappa shape index (κ1) is 16.8. The molecular weight excluding hydrogens is 306 g/mol. The average Bonchev–Trinajstić information content (AvgIpc) is 3.05. The number of carbonyl (C=O) groups excluding carboxylic acids is 1. The summed E-state index contributed by atoms with van der Waals surface area (Å²) in [7, 11) is 0. The molecule has 1 unspecified atom stereocenters. The van der Waals surface area contributed by atoms with Gasteiger partial charge in [0.05, 0.1) is 6.10 Å². The molecule has 24 heavy (non-hydrogen) atoms. The summed E-state index contributed by atoms with van der Waals surface area (Å²) >= 11 is 0. The van der Waals surface area contributed by atoms with Gasteiger partial charge in [-0.05, 0) is 37.8 Å². The van der Waals surface area contributed by atoms with E-state index in [9.17, 15) is 9.90 Å². The third kappa shape index (κ3) is 3.87. The Morgan fingerprint density at radius 3 is 2.88 bits per heavy atom. The van der Waals surface area contributed by atoms with Crippen LogP contribution in [0.25, 0.3) is 11.1 Å². The standard InChI is InChI=1S/C18H25N3O3/c1-2-14(22)7-10-19-17(23)13-8-11-21(12-9-13)18-20-15-5-3-4-6-16(15)24-18/h3-6,13-14,22H,2,7-12H2,1H3,(H,19,23). The van der Waals surface area contributed by atoms with Crippen molar-refractivity contribution >= 4 is 23.0 Å². The minimum Gasteiger partial charge on any atom is -0.423 e. The number of benzene rings is 1. The van der Waals surface area contributed by atoms with E-state index in [1.54, 1.807) is 0 Å². The first-order chi connectivity index (χ1) is 11.7. The van der Waals surface area contributed by atoms with Crippen LogP contribution in [0.5, 0.6) is 0 Å². The maximum Gasteiger partial charge on any atom is 0.298 e. The first-order valence-corrected chi connectivity index (χ1v) is 8.73. The number of amides is 1. The number of nitrogens with zero attached hydrogens (tertiary/aromatic N) is 2. The molecule has 6 heteroatoms. The minimum absolute atomic E-state index is 0.0318. The van der Waals surface area contributed by atoms with Crippen LogP contribution in [0.3, 0.4) is 0 Å². The van der Waals surface area contributed by atoms with E-state index in [2.05, 4.69) is 15.2 Å². The third-order valence-corrected chi connectivity index (χ3v) is 4.67. The summed E-state index contributed by atoms with van der Waals surface area (Å²) in [6.07, 6.45) is 2.59. The maximum absolute atomic E-state index is 12.2. The number of anilines is 1. The van der Waals surface area contributed by atoms with Gasteiger partial charge in [-0.25, -0.2) is 0 Å². The molecule has 1 aromatic heterocycles. The van der Waals surface area contributed by atoms with Gasteiger partial charge in [-0.15, -0.1) is 0 Å². The molecule has 2 aromatic rings. The van der Waals surface area contributed by atoms with Crippen molar-refractivity contribution in [2.75, 3.05) is 24.5 Å². The Bertz CT molecular complexity index is 644. The summed E-state index contributed by atoms with van der Waals surface area (Å²) in [4.78, 5) is 18.8. The summed E-state index contributed by atoms with van der Waals surface area (Å²) in [5, 5.41) is 12.5. The fourth-order valence-corrected chi connectivity index (χ4v) is 3.04. The smallest absolute Gasteiger partial charge is 0.298 e. The van der Waals surface area contributed by atoms with Crippen LogP contribution in [-0.4, -0.2) is 41.7 Å². The molecule has 1 aliphatic heterocycles. The lowest BCUT2D eigenvalue weighted by molar-refractivity contribution is -0.125. The number of para-hydroxylation sites is 2. The van der Waals surface area contributed by atoms with Gasteiger partial charge in [0.25, 0.3) is 6.01 Å². The Labute approximate surface area is 141 Å². The van der Waals surface area contributed by atoms with E-state index in [0.29, 0.717) is 19.0 Å². The maximum atomic E-state index is 12.2. The lowest BCUT2D eigenvalue weighted by Gasteiger charge is -2.30. The largest absolute Gasteiger partial charge is 0.423 e. The lowest BCUT2D eigenvalue weighted by Crippen LogP contribution is -2.41. The second-order valence-electron chi connectivity index (χ2n) is 6.37. The van der Waals surface area contributed by atoms with Crippen molar-refractivity contribution < 1.29 is 14.3 Å². The number of hydrogen-bond donors (Lipinski definition) is 2. The number of aliphatic hydroxyl groups excluding tert-OH is 1. The third-order valence-electron chi connectivity index (χ3n) is 4.67. The molecule has 1 amide bonds. The molecule has 6 nitrogen and oxygen atoms in total. The quantitative estimate of drug-likeness (QED) is 0.849. The lowest BCUT2D eigenvalue weighted by atomic mass is 9.96. The van der Waals surface area contributed by atoms with Gasteiger partial charge in [0, 0.05) is 25.6 Å². The molecule has 0 saturated carbocycles. The van der Waals surface area contributed by atoms with E-state index in [4.69, 9.17) is 4.42 Å². The number of aliphatic hydroxyl groups is 1. The Hall–Kier alpha value is -2.08. The fourth-order valence-electron chi connectivity index (χ4n) is 3.04.